The van der Waals surface area contributed by atoms with Gasteiger partial charge >= 0.3 is 5.97 Å². The summed E-state index contributed by atoms with van der Waals surface area (Å²) in [4.78, 5) is 10.9. The lowest BCUT2D eigenvalue weighted by atomic mass is 9.79. The third-order valence-corrected chi connectivity index (χ3v) is 6.87. The Kier molecular flexibility index (Phi) is 7.92. The number of aliphatic carboxylic acids is 1. The Hall–Kier alpha value is -3.65. The Morgan fingerprint density at radius 1 is 1.03 bits per heavy atom. The molecular formula is C30H28F4O4. The minimum Gasteiger partial charge on any atom is -0.486 e. The van der Waals surface area contributed by atoms with E-state index in [-0.39, 0.29) is 34.5 Å². The van der Waals surface area contributed by atoms with Gasteiger partial charge in [-0.05, 0) is 64.8 Å². The third kappa shape index (κ3) is 5.75. The van der Waals surface area contributed by atoms with Gasteiger partial charge in [0, 0.05) is 16.7 Å². The van der Waals surface area contributed by atoms with Crippen LogP contribution in [0.2, 0.25) is 0 Å². The summed E-state index contributed by atoms with van der Waals surface area (Å²) in [7, 11) is 0. The number of carboxylic acid groups (broad SMARTS) is 1. The number of halogens is 4. The molecule has 4 rings (SSSR count). The molecule has 2 N–H and O–H groups in total. The number of rotatable bonds is 9. The number of hydrogen-bond acceptors (Lipinski definition) is 3. The van der Waals surface area contributed by atoms with Crippen LogP contribution in [0, 0.1) is 17.0 Å². The van der Waals surface area contributed by atoms with Crippen molar-refractivity contribution < 1.29 is 37.3 Å². The lowest BCUT2D eigenvalue weighted by molar-refractivity contribution is -0.139. The third-order valence-electron chi connectivity index (χ3n) is 6.87. The monoisotopic (exact) mass is 528 g/mol. The molecule has 0 saturated carbocycles. The summed E-state index contributed by atoms with van der Waals surface area (Å²) < 4.78 is 62.3. The Morgan fingerprint density at radius 3 is 2.45 bits per heavy atom. The molecule has 38 heavy (non-hydrogen) atoms. The largest absolute Gasteiger partial charge is 0.486 e. The zero-order valence-corrected chi connectivity index (χ0v) is 21.0. The van der Waals surface area contributed by atoms with Crippen molar-refractivity contribution in [2.75, 3.05) is 0 Å². The molecule has 8 heteroatoms. The summed E-state index contributed by atoms with van der Waals surface area (Å²) in [5.74, 6) is -2.90. The van der Waals surface area contributed by atoms with E-state index in [1.807, 2.05) is 0 Å². The smallest absolute Gasteiger partial charge is 0.306 e. The van der Waals surface area contributed by atoms with Crippen molar-refractivity contribution in [2.24, 2.45) is 5.41 Å². The molecule has 0 radical (unpaired) electrons. The second kappa shape index (κ2) is 11.0. The number of aliphatic hydroxyl groups excluding tert-OH is 1. The second-order valence-electron chi connectivity index (χ2n) is 10.0. The number of carbonyl (C=O) groups is 1. The number of alkyl halides is 2. The topological polar surface area (TPSA) is 66.8 Å². The molecule has 200 valence electrons. The highest BCUT2D eigenvalue weighted by Crippen LogP contribution is 2.47. The van der Waals surface area contributed by atoms with Gasteiger partial charge in [-0.15, -0.1) is 0 Å². The molecule has 0 bridgehead atoms. The summed E-state index contributed by atoms with van der Waals surface area (Å²) in [5.41, 5.74) is 2.12. The molecule has 0 amide bonds. The first kappa shape index (κ1) is 27.4. The van der Waals surface area contributed by atoms with Crippen LogP contribution in [-0.2, 0) is 11.4 Å². The van der Waals surface area contributed by atoms with Crippen molar-refractivity contribution in [3.63, 3.8) is 0 Å². The molecule has 0 heterocycles. The number of hydrogen-bond donors (Lipinski definition) is 2. The van der Waals surface area contributed by atoms with Gasteiger partial charge in [0.15, 0.2) is 11.6 Å². The van der Waals surface area contributed by atoms with Crippen molar-refractivity contribution in [1.29, 1.82) is 0 Å². The second-order valence-corrected chi connectivity index (χ2v) is 10.0. The van der Waals surface area contributed by atoms with E-state index in [9.17, 15) is 27.5 Å². The minimum atomic E-state index is -2.74. The van der Waals surface area contributed by atoms with Gasteiger partial charge in [0.05, 0.1) is 12.5 Å². The number of ether oxygens (including phenoxy) is 1. The van der Waals surface area contributed by atoms with Crippen LogP contribution in [0.4, 0.5) is 17.6 Å². The van der Waals surface area contributed by atoms with Gasteiger partial charge < -0.3 is 14.9 Å². The molecule has 0 spiro atoms. The molecule has 1 aliphatic carbocycles. The molecular weight excluding hydrogens is 500 g/mol. The Morgan fingerprint density at radius 2 is 1.79 bits per heavy atom. The predicted molar refractivity (Wildman–Crippen MR) is 136 cm³/mol. The van der Waals surface area contributed by atoms with Crippen LogP contribution in [0.15, 0.2) is 60.7 Å². The van der Waals surface area contributed by atoms with Crippen LogP contribution < -0.4 is 4.74 Å². The molecule has 1 atom stereocenters. The first-order valence-corrected chi connectivity index (χ1v) is 12.2. The SMILES string of the molecule is CC1(C)CCC=C1c1cc(COc2cccc([C@H](O)CC(=O)O)c2F)ccc1-c1cc(C(F)F)ccc1F. The fraction of sp³-hybridized carbons (Fsp3) is 0.300. The van der Waals surface area contributed by atoms with Gasteiger partial charge in [0.1, 0.15) is 12.4 Å². The molecule has 1 aliphatic rings. The Bertz CT molecular complexity index is 1380. The van der Waals surface area contributed by atoms with Crippen LogP contribution in [0.3, 0.4) is 0 Å². The van der Waals surface area contributed by atoms with Gasteiger partial charge in [-0.3, -0.25) is 4.79 Å². The number of benzene rings is 3. The predicted octanol–water partition coefficient (Wildman–Crippen LogP) is 7.86. The van der Waals surface area contributed by atoms with Crippen LogP contribution in [0.5, 0.6) is 5.75 Å². The maximum atomic E-state index is 14.9. The molecule has 3 aromatic carbocycles. The Labute approximate surface area is 218 Å². The van der Waals surface area contributed by atoms with Gasteiger partial charge in [0.25, 0.3) is 6.43 Å². The highest BCUT2D eigenvalue weighted by molar-refractivity contribution is 5.85. The quantitative estimate of drug-likeness (QED) is 0.278. The maximum absolute atomic E-state index is 14.9. The average Bonchev–Trinajstić information content (AvgIpc) is 3.21. The van der Waals surface area contributed by atoms with Gasteiger partial charge in [-0.1, -0.05) is 50.3 Å². The van der Waals surface area contributed by atoms with Crippen molar-refractivity contribution in [1.82, 2.24) is 0 Å². The zero-order chi connectivity index (χ0) is 27.6. The molecule has 0 fully saturated rings. The van der Waals surface area contributed by atoms with E-state index in [1.54, 1.807) is 18.2 Å². The Balaban J connectivity index is 1.70. The molecule has 3 aromatic rings. The minimum absolute atomic E-state index is 0.0695. The molecule has 0 saturated heterocycles. The molecule has 0 unspecified atom stereocenters. The van der Waals surface area contributed by atoms with Crippen molar-refractivity contribution in [2.45, 2.75) is 52.2 Å². The standard InChI is InChI=1S/C30H28F4O4/c1-30(2)12-4-6-23(30)21-13-17(8-10-19(21)22-14-18(29(33)34)9-11-24(22)31)16-38-26-7-3-5-20(28(26)32)25(35)15-27(36)37/h3,5-11,13-14,25,29,35H,4,12,15-16H2,1-2H3,(H,36,37)/t25-/m1/s1. The summed E-state index contributed by atoms with van der Waals surface area (Å²) in [6, 6.07) is 12.5. The van der Waals surface area contributed by atoms with E-state index < -0.39 is 36.6 Å². The van der Waals surface area contributed by atoms with Gasteiger partial charge in [0.2, 0.25) is 0 Å². The lowest BCUT2D eigenvalue weighted by Crippen LogP contribution is -2.11. The molecule has 0 aromatic heterocycles. The summed E-state index contributed by atoms with van der Waals surface area (Å²) in [6.45, 7) is 4.05. The number of allylic oxidation sites excluding steroid dienone is 2. The van der Waals surface area contributed by atoms with Crippen molar-refractivity contribution in [3.8, 4) is 16.9 Å². The summed E-state index contributed by atoms with van der Waals surface area (Å²) >= 11 is 0. The summed E-state index contributed by atoms with van der Waals surface area (Å²) in [5, 5.41) is 18.9. The van der Waals surface area contributed by atoms with Crippen LogP contribution in [0.25, 0.3) is 16.7 Å². The first-order chi connectivity index (χ1) is 18.0. The van der Waals surface area contributed by atoms with Crippen LogP contribution >= 0.6 is 0 Å². The lowest BCUT2D eigenvalue weighted by Gasteiger charge is -2.25. The number of carboxylic acids is 1. The van der Waals surface area contributed by atoms with E-state index in [4.69, 9.17) is 9.84 Å². The van der Waals surface area contributed by atoms with E-state index in [0.717, 1.165) is 30.5 Å². The van der Waals surface area contributed by atoms with Crippen molar-refractivity contribution >= 4 is 11.5 Å². The van der Waals surface area contributed by atoms with E-state index in [0.29, 0.717) is 16.7 Å². The van der Waals surface area contributed by atoms with Crippen LogP contribution in [-0.4, -0.2) is 16.2 Å². The van der Waals surface area contributed by atoms with Gasteiger partial charge in [-0.25, -0.2) is 17.6 Å². The number of aliphatic hydroxyl groups is 1. The molecule has 0 aliphatic heterocycles. The maximum Gasteiger partial charge on any atom is 0.306 e. The summed E-state index contributed by atoms with van der Waals surface area (Å²) in [6.07, 6.45) is -1.17. The van der Waals surface area contributed by atoms with E-state index in [1.165, 1.54) is 24.3 Å². The molecule has 4 nitrogen and oxygen atoms in total. The zero-order valence-electron chi connectivity index (χ0n) is 21.0. The van der Waals surface area contributed by atoms with E-state index >= 15 is 0 Å². The average molecular weight is 529 g/mol. The highest BCUT2D eigenvalue weighted by atomic mass is 19.3. The first-order valence-electron chi connectivity index (χ1n) is 12.2. The van der Waals surface area contributed by atoms with Gasteiger partial charge in [-0.2, -0.15) is 0 Å². The highest BCUT2D eigenvalue weighted by Gasteiger charge is 2.30. The normalized spacial score (nSPS) is 15.4. The van der Waals surface area contributed by atoms with E-state index in [2.05, 4.69) is 19.9 Å². The van der Waals surface area contributed by atoms with Crippen molar-refractivity contribution in [3.05, 3.63) is 94.6 Å². The van der Waals surface area contributed by atoms with Crippen LogP contribution in [0.1, 0.15) is 67.9 Å². The fourth-order valence-corrected chi connectivity index (χ4v) is 4.82. The fourth-order valence-electron chi connectivity index (χ4n) is 4.82.